The molecular weight excluding hydrogens is 440 g/mol. The molecule has 0 fully saturated rings. The number of carboxylic acids is 1. The van der Waals surface area contributed by atoms with E-state index in [9.17, 15) is 15.0 Å². The summed E-state index contributed by atoms with van der Waals surface area (Å²) in [7, 11) is 0. The summed E-state index contributed by atoms with van der Waals surface area (Å²) in [4.78, 5) is 12.2. The highest BCUT2D eigenvalue weighted by Crippen LogP contribution is 2.42. The van der Waals surface area contributed by atoms with Crippen molar-refractivity contribution in [1.82, 2.24) is 0 Å². The molecule has 2 N–H and O–H groups in total. The lowest BCUT2D eigenvalue weighted by Gasteiger charge is -2.29. The van der Waals surface area contributed by atoms with E-state index in [4.69, 9.17) is 0 Å². The van der Waals surface area contributed by atoms with Crippen molar-refractivity contribution in [2.45, 2.75) is 147 Å². The van der Waals surface area contributed by atoms with Crippen molar-refractivity contribution in [1.29, 1.82) is 0 Å². The summed E-state index contributed by atoms with van der Waals surface area (Å²) >= 11 is 1.53. The first-order valence-electron chi connectivity index (χ1n) is 13.5. The molecule has 0 aliphatic carbocycles. The van der Waals surface area contributed by atoms with Gasteiger partial charge in [-0.3, -0.25) is 4.79 Å². The number of hydrogen-bond acceptors (Lipinski definition) is 3. The smallest absolute Gasteiger partial charge is 0.319 e. The summed E-state index contributed by atoms with van der Waals surface area (Å²) in [6.07, 6.45) is 13.2. The molecule has 0 bridgehead atoms. The highest BCUT2D eigenvalue weighted by Gasteiger charge is 2.34. The maximum atomic E-state index is 12.2. The molecule has 1 unspecified atom stereocenters. The molecule has 0 radical (unpaired) electrons. The minimum atomic E-state index is -0.790. The summed E-state index contributed by atoms with van der Waals surface area (Å²) < 4.78 is -0.790. The third kappa shape index (κ3) is 10.2. The van der Waals surface area contributed by atoms with Gasteiger partial charge in [-0.05, 0) is 40.9 Å². The standard InChI is InChI=1S/C30H52O3S/c1-9-10-11-12-13-14-15-16-17-18-19-30(8,27(32)33)34-22-23-20-24(28(2,3)4)26(31)25(21-23)29(5,6)7/h20-21,31H,9-19,22H2,1-8H3,(H,32,33). The number of thioether (sulfide) groups is 1. The van der Waals surface area contributed by atoms with E-state index < -0.39 is 10.7 Å². The lowest BCUT2D eigenvalue weighted by Crippen LogP contribution is -2.31. The first-order valence-corrected chi connectivity index (χ1v) is 14.4. The molecule has 1 atom stereocenters. The van der Waals surface area contributed by atoms with Crippen molar-refractivity contribution in [2.75, 3.05) is 0 Å². The average Bonchev–Trinajstić information content (AvgIpc) is 2.72. The van der Waals surface area contributed by atoms with E-state index in [2.05, 4.69) is 60.6 Å². The van der Waals surface area contributed by atoms with Gasteiger partial charge in [-0.15, -0.1) is 11.8 Å². The van der Waals surface area contributed by atoms with E-state index in [1.807, 2.05) is 6.92 Å². The Kier molecular flexibility index (Phi) is 12.5. The number of carbonyl (C=O) groups is 1. The minimum Gasteiger partial charge on any atom is -0.507 e. The molecule has 0 spiro atoms. The van der Waals surface area contributed by atoms with Crippen LogP contribution in [0.3, 0.4) is 0 Å². The van der Waals surface area contributed by atoms with E-state index >= 15 is 0 Å². The van der Waals surface area contributed by atoms with Gasteiger partial charge in [-0.1, -0.05) is 125 Å². The Morgan fingerprint density at radius 1 is 0.765 bits per heavy atom. The molecular formula is C30H52O3S. The van der Waals surface area contributed by atoms with Crippen LogP contribution in [-0.4, -0.2) is 20.9 Å². The highest BCUT2D eigenvalue weighted by atomic mass is 32.2. The largest absolute Gasteiger partial charge is 0.507 e. The number of phenols is 1. The molecule has 0 aromatic heterocycles. The Morgan fingerprint density at radius 3 is 1.56 bits per heavy atom. The van der Waals surface area contributed by atoms with Crippen molar-refractivity contribution in [3.63, 3.8) is 0 Å². The van der Waals surface area contributed by atoms with E-state index in [1.165, 1.54) is 63.1 Å². The van der Waals surface area contributed by atoms with E-state index in [1.54, 1.807) is 0 Å². The van der Waals surface area contributed by atoms with Crippen LogP contribution >= 0.6 is 11.8 Å². The SMILES string of the molecule is CCCCCCCCCCCCC(C)(SCc1cc(C(C)(C)C)c(O)c(C(C)(C)C)c1)C(=O)O. The molecule has 196 valence electrons. The second-order valence-electron chi connectivity index (χ2n) is 12.3. The van der Waals surface area contributed by atoms with Crippen LogP contribution < -0.4 is 0 Å². The van der Waals surface area contributed by atoms with Gasteiger partial charge in [0.2, 0.25) is 0 Å². The summed E-state index contributed by atoms with van der Waals surface area (Å²) in [5.74, 6) is 0.284. The monoisotopic (exact) mass is 492 g/mol. The number of hydrogen-bond donors (Lipinski definition) is 2. The molecule has 0 amide bonds. The molecule has 34 heavy (non-hydrogen) atoms. The lowest BCUT2D eigenvalue weighted by atomic mass is 9.78. The summed E-state index contributed by atoms with van der Waals surface area (Å²) in [5.41, 5.74) is 2.59. The van der Waals surface area contributed by atoms with Gasteiger partial charge in [0.25, 0.3) is 0 Å². The number of unbranched alkanes of at least 4 members (excludes halogenated alkanes) is 9. The van der Waals surface area contributed by atoms with Gasteiger partial charge in [-0.25, -0.2) is 0 Å². The zero-order chi connectivity index (χ0) is 26.0. The van der Waals surface area contributed by atoms with Crippen LogP contribution in [0.25, 0.3) is 0 Å². The number of rotatable bonds is 15. The Hall–Kier alpha value is -1.16. The molecule has 1 aromatic rings. The van der Waals surface area contributed by atoms with Crippen LogP contribution in [0.4, 0.5) is 0 Å². The van der Waals surface area contributed by atoms with Crippen LogP contribution in [0.15, 0.2) is 12.1 Å². The van der Waals surface area contributed by atoms with Crippen molar-refractivity contribution in [3.8, 4) is 5.75 Å². The minimum absolute atomic E-state index is 0.184. The van der Waals surface area contributed by atoms with Crippen molar-refractivity contribution >= 4 is 17.7 Å². The fourth-order valence-electron chi connectivity index (χ4n) is 4.35. The van der Waals surface area contributed by atoms with Gasteiger partial charge in [0, 0.05) is 5.75 Å². The molecule has 4 heteroatoms. The molecule has 1 rings (SSSR count). The van der Waals surface area contributed by atoms with E-state index in [0.29, 0.717) is 17.9 Å². The van der Waals surface area contributed by atoms with Crippen LogP contribution in [0.1, 0.15) is 143 Å². The molecule has 3 nitrogen and oxygen atoms in total. The van der Waals surface area contributed by atoms with Gasteiger partial charge in [0.05, 0.1) is 0 Å². The van der Waals surface area contributed by atoms with E-state index in [-0.39, 0.29) is 10.8 Å². The number of phenolic OH excluding ortho intramolecular Hbond substituents is 1. The third-order valence-electron chi connectivity index (χ3n) is 6.80. The van der Waals surface area contributed by atoms with Gasteiger partial charge in [0.15, 0.2) is 0 Å². The molecule has 1 aromatic carbocycles. The van der Waals surface area contributed by atoms with E-state index in [0.717, 1.165) is 29.5 Å². The molecule has 0 aliphatic heterocycles. The average molecular weight is 493 g/mol. The quantitative estimate of drug-likeness (QED) is 0.239. The Morgan fingerprint density at radius 2 is 1.18 bits per heavy atom. The first-order chi connectivity index (χ1) is 15.7. The Bertz CT molecular complexity index is 722. The Labute approximate surface area is 214 Å². The summed E-state index contributed by atoms with van der Waals surface area (Å²) in [5, 5.41) is 21.0. The highest BCUT2D eigenvalue weighted by molar-refractivity contribution is 8.00. The van der Waals surface area contributed by atoms with Gasteiger partial charge < -0.3 is 10.2 Å². The predicted octanol–water partition coefficient (Wildman–Crippen LogP) is 9.37. The van der Waals surface area contributed by atoms with Gasteiger partial charge >= 0.3 is 5.97 Å². The molecule has 0 saturated carbocycles. The maximum absolute atomic E-state index is 12.2. The molecule has 0 aliphatic rings. The van der Waals surface area contributed by atoms with Crippen LogP contribution in [0.2, 0.25) is 0 Å². The predicted molar refractivity (Wildman–Crippen MR) is 149 cm³/mol. The fourth-order valence-corrected chi connectivity index (χ4v) is 5.42. The van der Waals surface area contributed by atoms with Gasteiger partial charge in [-0.2, -0.15) is 0 Å². The molecule has 0 saturated heterocycles. The number of aliphatic carboxylic acids is 1. The van der Waals surface area contributed by atoms with Crippen molar-refractivity contribution in [3.05, 3.63) is 28.8 Å². The molecule has 0 heterocycles. The summed E-state index contributed by atoms with van der Waals surface area (Å²) in [6.45, 7) is 16.8. The second-order valence-corrected chi connectivity index (χ2v) is 13.8. The number of aromatic hydroxyl groups is 1. The van der Waals surface area contributed by atoms with Crippen molar-refractivity contribution < 1.29 is 15.0 Å². The lowest BCUT2D eigenvalue weighted by molar-refractivity contribution is -0.139. The second kappa shape index (κ2) is 13.8. The topological polar surface area (TPSA) is 57.5 Å². The van der Waals surface area contributed by atoms with Crippen molar-refractivity contribution in [2.24, 2.45) is 0 Å². The van der Waals surface area contributed by atoms with Crippen LogP contribution in [0, 0.1) is 0 Å². The fraction of sp³-hybridized carbons (Fsp3) is 0.767. The van der Waals surface area contributed by atoms with Crippen LogP contribution in [0.5, 0.6) is 5.75 Å². The first kappa shape index (κ1) is 30.9. The zero-order valence-corrected chi connectivity index (χ0v) is 24.2. The number of carboxylic acid groups (broad SMARTS) is 1. The normalized spacial score (nSPS) is 14.2. The maximum Gasteiger partial charge on any atom is 0.319 e. The summed E-state index contributed by atoms with van der Waals surface area (Å²) in [6, 6.07) is 4.14. The Balaban J connectivity index is 2.72. The number of benzene rings is 1. The van der Waals surface area contributed by atoms with Crippen LogP contribution in [-0.2, 0) is 21.4 Å². The zero-order valence-electron chi connectivity index (χ0n) is 23.4. The van der Waals surface area contributed by atoms with Gasteiger partial charge in [0.1, 0.15) is 10.5 Å². The third-order valence-corrected chi connectivity index (χ3v) is 8.30.